The Kier molecular flexibility index (Phi) is 4.53. The Morgan fingerprint density at radius 1 is 1.21 bits per heavy atom. The molecule has 8 heteroatoms. The van der Waals surface area contributed by atoms with E-state index in [0.29, 0.717) is 22.1 Å². The van der Waals surface area contributed by atoms with E-state index < -0.39 is 4.92 Å². The molecule has 120 valence electrons. The topological polar surface area (TPSA) is 93.6 Å². The Hall–Kier alpha value is -3.19. The van der Waals surface area contributed by atoms with Crippen molar-refractivity contribution in [1.29, 1.82) is 0 Å². The first kappa shape index (κ1) is 15.7. The molecule has 0 radical (unpaired) electrons. The van der Waals surface area contributed by atoms with Crippen LogP contribution in [0.3, 0.4) is 0 Å². The number of nitro groups is 1. The third-order valence-corrected chi connectivity index (χ3v) is 3.35. The van der Waals surface area contributed by atoms with Crippen molar-refractivity contribution in [1.82, 2.24) is 4.98 Å². The van der Waals surface area contributed by atoms with Crippen LogP contribution in [0.15, 0.2) is 64.4 Å². The summed E-state index contributed by atoms with van der Waals surface area (Å²) in [6.07, 6.45) is 4.76. The quantitative estimate of drug-likeness (QED) is 0.422. The first-order chi connectivity index (χ1) is 11.6. The summed E-state index contributed by atoms with van der Waals surface area (Å²) in [5, 5.41) is 15.5. The molecule has 0 saturated carbocycles. The second-order valence-corrected chi connectivity index (χ2v) is 5.16. The number of nitro benzene ring substituents is 1. The number of anilines is 1. The van der Waals surface area contributed by atoms with Gasteiger partial charge in [-0.2, -0.15) is 5.10 Å². The number of hydrogen-bond acceptors (Lipinski definition) is 6. The zero-order chi connectivity index (χ0) is 16.9. The fourth-order valence-electron chi connectivity index (χ4n) is 2.03. The summed E-state index contributed by atoms with van der Waals surface area (Å²) < 4.78 is 5.59. The summed E-state index contributed by atoms with van der Waals surface area (Å²) in [4.78, 5) is 14.6. The number of aromatic nitrogens is 1. The van der Waals surface area contributed by atoms with Crippen molar-refractivity contribution in [2.75, 3.05) is 5.43 Å². The predicted molar refractivity (Wildman–Crippen MR) is 91.3 cm³/mol. The van der Waals surface area contributed by atoms with Crippen LogP contribution in [0.5, 0.6) is 0 Å². The van der Waals surface area contributed by atoms with E-state index in [0.717, 1.165) is 5.69 Å². The van der Waals surface area contributed by atoms with E-state index >= 15 is 0 Å². The van der Waals surface area contributed by atoms with Crippen molar-refractivity contribution < 1.29 is 9.34 Å². The van der Waals surface area contributed by atoms with Gasteiger partial charge in [0, 0.05) is 23.5 Å². The molecule has 0 unspecified atom stereocenters. The number of rotatable bonds is 5. The number of halogens is 1. The molecule has 3 rings (SSSR count). The van der Waals surface area contributed by atoms with E-state index in [4.69, 9.17) is 16.0 Å². The third kappa shape index (κ3) is 3.58. The average molecular weight is 343 g/mol. The van der Waals surface area contributed by atoms with E-state index in [9.17, 15) is 10.1 Å². The van der Waals surface area contributed by atoms with Crippen LogP contribution in [0.25, 0.3) is 11.3 Å². The molecule has 0 spiro atoms. The number of pyridine rings is 1. The molecule has 0 atom stereocenters. The molecular weight excluding hydrogens is 332 g/mol. The van der Waals surface area contributed by atoms with Gasteiger partial charge in [0.25, 0.3) is 5.69 Å². The van der Waals surface area contributed by atoms with Crippen molar-refractivity contribution >= 4 is 29.2 Å². The van der Waals surface area contributed by atoms with E-state index in [1.807, 2.05) is 0 Å². The van der Waals surface area contributed by atoms with Crippen LogP contribution in [0.4, 0.5) is 11.4 Å². The number of hydrogen-bond donors (Lipinski definition) is 1. The molecule has 1 aromatic carbocycles. The number of furan rings is 1. The molecule has 0 bridgehead atoms. The van der Waals surface area contributed by atoms with Gasteiger partial charge in [-0.05, 0) is 36.4 Å². The van der Waals surface area contributed by atoms with Gasteiger partial charge < -0.3 is 4.42 Å². The van der Waals surface area contributed by atoms with Gasteiger partial charge >= 0.3 is 0 Å². The Balaban J connectivity index is 1.80. The van der Waals surface area contributed by atoms with Crippen LogP contribution in [0.1, 0.15) is 5.76 Å². The molecule has 0 aliphatic heterocycles. The zero-order valence-electron chi connectivity index (χ0n) is 12.2. The molecule has 0 saturated heterocycles. The largest absolute Gasteiger partial charge is 0.455 e. The highest BCUT2D eigenvalue weighted by Gasteiger charge is 2.18. The van der Waals surface area contributed by atoms with Crippen LogP contribution >= 0.6 is 11.6 Å². The van der Waals surface area contributed by atoms with E-state index in [1.54, 1.807) is 48.8 Å². The van der Waals surface area contributed by atoms with Crippen LogP contribution < -0.4 is 5.43 Å². The van der Waals surface area contributed by atoms with Crippen LogP contribution in [0.2, 0.25) is 5.02 Å². The number of hydrazone groups is 1. The highest BCUT2D eigenvalue weighted by atomic mass is 35.5. The van der Waals surface area contributed by atoms with Gasteiger partial charge in [-0.15, -0.1) is 0 Å². The molecule has 0 aliphatic rings. The molecule has 1 N–H and O–H groups in total. The van der Waals surface area contributed by atoms with Crippen molar-refractivity contribution in [3.05, 3.63) is 75.8 Å². The monoisotopic (exact) mass is 342 g/mol. The predicted octanol–water partition coefficient (Wildman–Crippen LogP) is 4.35. The lowest BCUT2D eigenvalue weighted by atomic mass is 10.1. The molecule has 3 aromatic rings. The minimum atomic E-state index is -0.498. The molecule has 0 aliphatic carbocycles. The lowest BCUT2D eigenvalue weighted by Crippen LogP contribution is -1.91. The van der Waals surface area contributed by atoms with Gasteiger partial charge in [0.15, 0.2) is 0 Å². The standard InChI is InChI=1S/C16H11ClN4O3/c17-11-1-3-14(15(9-11)21(22)23)16-4-2-13(24-16)10-19-20-12-5-7-18-8-6-12/h1-10H,(H,18,20)/b19-10+. The maximum absolute atomic E-state index is 11.1. The first-order valence-corrected chi connectivity index (χ1v) is 7.24. The van der Waals surface area contributed by atoms with E-state index in [-0.39, 0.29) is 5.69 Å². The summed E-state index contributed by atoms with van der Waals surface area (Å²) in [5.41, 5.74) is 3.84. The lowest BCUT2D eigenvalue weighted by molar-refractivity contribution is -0.384. The first-order valence-electron chi connectivity index (χ1n) is 6.87. The van der Waals surface area contributed by atoms with Gasteiger partial charge in [0.1, 0.15) is 11.5 Å². The van der Waals surface area contributed by atoms with Crippen molar-refractivity contribution in [2.24, 2.45) is 5.10 Å². The van der Waals surface area contributed by atoms with E-state index in [2.05, 4.69) is 15.5 Å². The number of nitrogens with zero attached hydrogens (tertiary/aromatic N) is 3. The summed E-state index contributed by atoms with van der Waals surface area (Å²) in [5.74, 6) is 0.819. The van der Waals surface area contributed by atoms with Crippen LogP contribution in [-0.4, -0.2) is 16.1 Å². The van der Waals surface area contributed by atoms with Crippen LogP contribution in [0, 0.1) is 10.1 Å². The second kappa shape index (κ2) is 6.93. The van der Waals surface area contributed by atoms with Crippen molar-refractivity contribution in [3.8, 4) is 11.3 Å². The average Bonchev–Trinajstić information content (AvgIpc) is 3.04. The lowest BCUT2D eigenvalue weighted by Gasteiger charge is -2.00. The Morgan fingerprint density at radius 2 is 2.00 bits per heavy atom. The fraction of sp³-hybridized carbons (Fsp3) is 0. The Morgan fingerprint density at radius 3 is 2.75 bits per heavy atom. The highest BCUT2D eigenvalue weighted by Crippen LogP contribution is 2.33. The highest BCUT2D eigenvalue weighted by molar-refractivity contribution is 6.30. The molecule has 2 aromatic heterocycles. The smallest absolute Gasteiger partial charge is 0.281 e. The summed E-state index contributed by atoms with van der Waals surface area (Å²) in [7, 11) is 0. The Labute approximate surface area is 141 Å². The SMILES string of the molecule is O=[N+]([O-])c1cc(Cl)ccc1-c1ccc(/C=N/Nc2ccncc2)o1. The number of benzene rings is 1. The number of nitrogens with one attached hydrogen (secondary N) is 1. The normalized spacial score (nSPS) is 10.9. The zero-order valence-corrected chi connectivity index (χ0v) is 13.0. The summed E-state index contributed by atoms with van der Waals surface area (Å²) >= 11 is 5.81. The van der Waals surface area contributed by atoms with Gasteiger partial charge in [-0.3, -0.25) is 20.5 Å². The Bertz CT molecular complexity index is 893. The summed E-state index contributed by atoms with van der Waals surface area (Å²) in [6.45, 7) is 0. The maximum atomic E-state index is 11.1. The van der Waals surface area contributed by atoms with Crippen molar-refractivity contribution in [3.63, 3.8) is 0 Å². The molecule has 24 heavy (non-hydrogen) atoms. The molecular formula is C16H11ClN4O3. The molecule has 2 heterocycles. The summed E-state index contributed by atoms with van der Waals surface area (Å²) in [6, 6.07) is 11.3. The molecule has 0 fully saturated rings. The second-order valence-electron chi connectivity index (χ2n) is 4.73. The third-order valence-electron chi connectivity index (χ3n) is 3.11. The van der Waals surface area contributed by atoms with Crippen molar-refractivity contribution in [2.45, 2.75) is 0 Å². The minimum absolute atomic E-state index is 0.116. The molecule has 7 nitrogen and oxygen atoms in total. The van der Waals surface area contributed by atoms with Gasteiger partial charge in [0.05, 0.1) is 22.4 Å². The van der Waals surface area contributed by atoms with E-state index in [1.165, 1.54) is 12.3 Å². The fourth-order valence-corrected chi connectivity index (χ4v) is 2.19. The van der Waals surface area contributed by atoms with Gasteiger partial charge in [-0.1, -0.05) is 11.6 Å². The van der Waals surface area contributed by atoms with Gasteiger partial charge in [0.2, 0.25) is 0 Å². The minimum Gasteiger partial charge on any atom is -0.455 e. The van der Waals surface area contributed by atoms with Gasteiger partial charge in [-0.25, -0.2) is 0 Å². The maximum Gasteiger partial charge on any atom is 0.281 e. The van der Waals surface area contributed by atoms with Crippen LogP contribution in [-0.2, 0) is 0 Å². The molecule has 0 amide bonds.